The Morgan fingerprint density at radius 1 is 1.33 bits per heavy atom. The predicted molar refractivity (Wildman–Crippen MR) is 82.1 cm³/mol. The summed E-state index contributed by atoms with van der Waals surface area (Å²) >= 11 is 0. The molecule has 0 fully saturated rings. The summed E-state index contributed by atoms with van der Waals surface area (Å²) in [6.45, 7) is 6.56. The molecular weight excluding hydrogens is 268 g/mol. The van der Waals surface area contributed by atoms with Crippen LogP contribution in [0.15, 0.2) is 12.4 Å². The molecule has 0 bridgehead atoms. The molecular formula is C15H22N4O2. The Hall–Kier alpha value is -2.11. The molecule has 0 unspecified atom stereocenters. The molecule has 0 radical (unpaired) electrons. The number of rotatable bonds is 4. The number of fused-ring (bicyclic) bond motifs is 1. The second-order valence-corrected chi connectivity index (χ2v) is 5.88. The van der Waals surface area contributed by atoms with Gasteiger partial charge in [-0.1, -0.05) is 12.2 Å². The molecule has 0 aromatic carbocycles. The fraction of sp³-hybridized carbons (Fsp3) is 0.533. The highest BCUT2D eigenvalue weighted by Gasteiger charge is 2.15. The van der Waals surface area contributed by atoms with Crippen LogP contribution < -0.4 is 10.6 Å². The zero-order valence-corrected chi connectivity index (χ0v) is 12.8. The summed E-state index contributed by atoms with van der Waals surface area (Å²) in [5.41, 5.74) is 1.63. The van der Waals surface area contributed by atoms with Gasteiger partial charge in [0, 0.05) is 18.7 Å². The Morgan fingerprint density at radius 3 is 2.90 bits per heavy atom. The first-order chi connectivity index (χ1) is 9.96. The van der Waals surface area contributed by atoms with Gasteiger partial charge in [-0.25, -0.2) is 14.8 Å². The molecule has 0 saturated carbocycles. The normalized spacial score (nSPS) is 13.5. The van der Waals surface area contributed by atoms with Gasteiger partial charge in [-0.15, -0.1) is 0 Å². The topological polar surface area (TPSA) is 76.1 Å². The van der Waals surface area contributed by atoms with E-state index in [1.54, 1.807) is 6.33 Å². The molecule has 2 N–H and O–H groups in total. The van der Waals surface area contributed by atoms with Crippen molar-refractivity contribution >= 4 is 18.0 Å². The Bertz CT molecular complexity index is 535. The highest BCUT2D eigenvalue weighted by atomic mass is 16.6. The van der Waals surface area contributed by atoms with E-state index in [9.17, 15) is 4.79 Å². The summed E-state index contributed by atoms with van der Waals surface area (Å²) in [6, 6.07) is 0. The van der Waals surface area contributed by atoms with E-state index >= 15 is 0 Å². The van der Waals surface area contributed by atoms with Gasteiger partial charge < -0.3 is 15.4 Å². The Morgan fingerprint density at radius 2 is 2.14 bits per heavy atom. The number of nitrogens with one attached hydrogen (secondary N) is 2. The molecule has 0 atom stereocenters. The highest BCUT2D eigenvalue weighted by Crippen LogP contribution is 2.22. The molecule has 0 aliphatic heterocycles. The highest BCUT2D eigenvalue weighted by molar-refractivity contribution is 5.68. The van der Waals surface area contributed by atoms with Crippen molar-refractivity contribution in [3.05, 3.63) is 23.7 Å². The van der Waals surface area contributed by atoms with Crippen molar-refractivity contribution < 1.29 is 9.53 Å². The van der Waals surface area contributed by atoms with Crippen LogP contribution in [0, 0.1) is 0 Å². The quantitative estimate of drug-likeness (QED) is 0.833. The lowest BCUT2D eigenvalue weighted by molar-refractivity contribution is 0.0530. The number of alkyl carbamates (subject to hydrolysis) is 1. The van der Waals surface area contributed by atoms with E-state index in [0.29, 0.717) is 13.1 Å². The van der Waals surface area contributed by atoms with E-state index < -0.39 is 11.7 Å². The lowest BCUT2D eigenvalue weighted by Gasteiger charge is -2.20. The number of amides is 1. The van der Waals surface area contributed by atoms with Crippen LogP contribution in [0.25, 0.3) is 6.08 Å². The second kappa shape index (κ2) is 6.56. The van der Waals surface area contributed by atoms with Crippen LogP contribution in [0.1, 0.15) is 38.4 Å². The number of ether oxygens (including phenoxy) is 1. The summed E-state index contributed by atoms with van der Waals surface area (Å²) in [5.74, 6) is 0.807. The maximum absolute atomic E-state index is 11.5. The lowest BCUT2D eigenvalue weighted by atomic mass is 10.0. The average molecular weight is 290 g/mol. The van der Waals surface area contributed by atoms with Gasteiger partial charge in [0.15, 0.2) is 0 Å². The first-order valence-electron chi connectivity index (χ1n) is 7.17. The van der Waals surface area contributed by atoms with Crippen LogP contribution in [-0.4, -0.2) is 34.8 Å². The molecule has 21 heavy (non-hydrogen) atoms. The van der Waals surface area contributed by atoms with Gasteiger partial charge in [-0.05, 0) is 33.6 Å². The number of carbonyl (C=O) groups is 1. The predicted octanol–water partition coefficient (Wildman–Crippen LogP) is 2.37. The molecule has 1 aliphatic rings. The first kappa shape index (κ1) is 15.3. The Balaban J connectivity index is 1.80. The number of nitrogens with zero attached hydrogens (tertiary/aromatic N) is 2. The molecule has 114 valence electrons. The maximum atomic E-state index is 11.5. The van der Waals surface area contributed by atoms with Crippen LogP contribution in [0.3, 0.4) is 0 Å². The van der Waals surface area contributed by atoms with Crippen molar-refractivity contribution in [2.45, 2.75) is 39.2 Å². The fourth-order valence-electron chi connectivity index (χ4n) is 2.03. The minimum atomic E-state index is -0.478. The Kier molecular flexibility index (Phi) is 4.77. The van der Waals surface area contributed by atoms with E-state index in [2.05, 4.69) is 26.7 Å². The van der Waals surface area contributed by atoms with E-state index in [-0.39, 0.29) is 0 Å². The van der Waals surface area contributed by atoms with Crippen molar-refractivity contribution in [3.8, 4) is 0 Å². The molecule has 0 spiro atoms. The van der Waals surface area contributed by atoms with Gasteiger partial charge in [-0.3, -0.25) is 0 Å². The zero-order chi connectivity index (χ0) is 15.3. The van der Waals surface area contributed by atoms with Gasteiger partial charge in [-0.2, -0.15) is 0 Å². The molecule has 1 aromatic heterocycles. The van der Waals surface area contributed by atoms with Crippen molar-refractivity contribution in [2.24, 2.45) is 0 Å². The van der Waals surface area contributed by atoms with Crippen LogP contribution in [0.5, 0.6) is 0 Å². The molecule has 1 heterocycles. The van der Waals surface area contributed by atoms with Crippen molar-refractivity contribution in [1.82, 2.24) is 15.3 Å². The van der Waals surface area contributed by atoms with E-state index in [1.165, 1.54) is 0 Å². The molecule has 1 amide bonds. The number of hydrogen-bond acceptors (Lipinski definition) is 5. The van der Waals surface area contributed by atoms with Crippen molar-refractivity contribution in [2.75, 3.05) is 18.4 Å². The SMILES string of the molecule is CC(C)(C)OC(=O)NCCNc1ncnc2c1C=CCC2. The lowest BCUT2D eigenvalue weighted by Crippen LogP contribution is -2.35. The summed E-state index contributed by atoms with van der Waals surface area (Å²) in [4.78, 5) is 20.0. The molecule has 1 aromatic rings. The van der Waals surface area contributed by atoms with Crippen LogP contribution in [0.2, 0.25) is 0 Å². The average Bonchev–Trinajstić information content (AvgIpc) is 2.42. The third kappa shape index (κ3) is 4.73. The van der Waals surface area contributed by atoms with Gasteiger partial charge in [0.05, 0.1) is 5.69 Å². The van der Waals surface area contributed by atoms with Crippen LogP contribution >= 0.6 is 0 Å². The van der Waals surface area contributed by atoms with Crippen molar-refractivity contribution in [3.63, 3.8) is 0 Å². The second-order valence-electron chi connectivity index (χ2n) is 5.88. The number of aromatic nitrogens is 2. The smallest absolute Gasteiger partial charge is 0.407 e. The third-order valence-corrected chi connectivity index (χ3v) is 2.88. The minimum Gasteiger partial charge on any atom is -0.444 e. The minimum absolute atomic E-state index is 0.408. The molecule has 2 rings (SSSR count). The van der Waals surface area contributed by atoms with E-state index in [0.717, 1.165) is 29.9 Å². The number of hydrogen-bond donors (Lipinski definition) is 2. The van der Waals surface area contributed by atoms with Crippen molar-refractivity contribution in [1.29, 1.82) is 0 Å². The Labute approximate surface area is 125 Å². The molecule has 6 nitrogen and oxygen atoms in total. The molecule has 0 saturated heterocycles. The van der Waals surface area contributed by atoms with Crippen LogP contribution in [-0.2, 0) is 11.2 Å². The van der Waals surface area contributed by atoms with Gasteiger partial charge >= 0.3 is 6.09 Å². The number of anilines is 1. The number of allylic oxidation sites excluding steroid dienone is 1. The standard InChI is InChI=1S/C15H22N4O2/c1-15(2,3)21-14(20)17-9-8-16-13-11-6-4-5-7-12(11)18-10-19-13/h4,6,10H,5,7-9H2,1-3H3,(H,17,20)(H,16,18,19). The summed E-state index contributed by atoms with van der Waals surface area (Å²) < 4.78 is 5.17. The van der Waals surface area contributed by atoms with Gasteiger partial charge in [0.25, 0.3) is 0 Å². The summed E-state index contributed by atoms with van der Waals surface area (Å²) in [5, 5.41) is 5.92. The zero-order valence-electron chi connectivity index (χ0n) is 12.8. The van der Waals surface area contributed by atoms with Gasteiger partial charge in [0.1, 0.15) is 17.7 Å². The molecule has 1 aliphatic carbocycles. The number of aryl methyl sites for hydroxylation is 1. The van der Waals surface area contributed by atoms with Crippen LogP contribution in [0.4, 0.5) is 10.6 Å². The third-order valence-electron chi connectivity index (χ3n) is 2.88. The number of carbonyl (C=O) groups excluding carboxylic acids is 1. The summed E-state index contributed by atoms with van der Waals surface area (Å²) in [6.07, 6.45) is 7.29. The van der Waals surface area contributed by atoms with E-state index in [4.69, 9.17) is 4.74 Å². The monoisotopic (exact) mass is 290 g/mol. The molecule has 6 heteroatoms. The van der Waals surface area contributed by atoms with Gasteiger partial charge in [0.2, 0.25) is 0 Å². The van der Waals surface area contributed by atoms with E-state index in [1.807, 2.05) is 26.8 Å². The maximum Gasteiger partial charge on any atom is 0.407 e. The largest absolute Gasteiger partial charge is 0.444 e. The first-order valence-corrected chi connectivity index (χ1v) is 7.17. The fourth-order valence-corrected chi connectivity index (χ4v) is 2.03. The summed E-state index contributed by atoms with van der Waals surface area (Å²) in [7, 11) is 0.